The van der Waals surface area contributed by atoms with Crippen LogP contribution >= 0.6 is 11.3 Å². The van der Waals surface area contributed by atoms with Gasteiger partial charge in [0.25, 0.3) is 5.91 Å². The van der Waals surface area contributed by atoms with Gasteiger partial charge in [-0.3, -0.25) is 10.1 Å². The molecule has 4 aromatic rings. The number of fused-ring (bicyclic) bond motifs is 4. The van der Waals surface area contributed by atoms with Gasteiger partial charge in [-0.25, -0.2) is 4.98 Å². The fourth-order valence-electron chi connectivity index (χ4n) is 3.43. The first-order chi connectivity index (χ1) is 12.3. The Morgan fingerprint density at radius 2 is 1.92 bits per heavy atom. The number of carbonyl (C=O) groups is 1. The van der Waals surface area contributed by atoms with Crippen LogP contribution in [0.4, 0.5) is 5.13 Å². The van der Waals surface area contributed by atoms with Crippen molar-refractivity contribution in [1.29, 1.82) is 0 Å². The summed E-state index contributed by atoms with van der Waals surface area (Å²) < 4.78 is 0. The first-order valence-corrected chi connectivity index (χ1v) is 9.07. The quantitative estimate of drug-likeness (QED) is 0.556. The van der Waals surface area contributed by atoms with Gasteiger partial charge in [0.05, 0.1) is 11.3 Å². The van der Waals surface area contributed by atoms with Gasteiger partial charge in [0.2, 0.25) is 0 Å². The summed E-state index contributed by atoms with van der Waals surface area (Å²) in [6.07, 6.45) is 3.76. The van der Waals surface area contributed by atoms with Crippen LogP contribution in [0.25, 0.3) is 22.2 Å². The van der Waals surface area contributed by atoms with Crippen molar-refractivity contribution < 1.29 is 4.79 Å². The smallest absolute Gasteiger partial charge is 0.259 e. The minimum Gasteiger partial charge on any atom is -0.360 e. The maximum atomic E-state index is 12.7. The summed E-state index contributed by atoms with van der Waals surface area (Å²) in [5, 5.41) is 4.56. The van der Waals surface area contributed by atoms with E-state index in [-0.39, 0.29) is 5.91 Å². The summed E-state index contributed by atoms with van der Waals surface area (Å²) in [4.78, 5) is 21.8. The van der Waals surface area contributed by atoms with Crippen LogP contribution in [0.1, 0.15) is 20.8 Å². The highest BCUT2D eigenvalue weighted by Crippen LogP contribution is 2.38. The van der Waals surface area contributed by atoms with E-state index in [1.165, 1.54) is 16.0 Å². The zero-order chi connectivity index (χ0) is 16.8. The van der Waals surface area contributed by atoms with Crippen molar-refractivity contribution in [3.05, 3.63) is 70.7 Å². The number of hydrogen-bond acceptors (Lipinski definition) is 3. The van der Waals surface area contributed by atoms with Crippen LogP contribution in [0, 0.1) is 0 Å². The van der Waals surface area contributed by atoms with Crippen LogP contribution < -0.4 is 5.32 Å². The molecule has 0 fully saturated rings. The Labute approximate surface area is 148 Å². The minimum atomic E-state index is -0.128. The second-order valence-corrected chi connectivity index (χ2v) is 7.23. The van der Waals surface area contributed by atoms with Crippen LogP contribution in [0.5, 0.6) is 0 Å². The lowest BCUT2D eigenvalue weighted by atomic mass is 9.94. The fourth-order valence-corrected chi connectivity index (χ4v) is 4.40. The highest BCUT2D eigenvalue weighted by molar-refractivity contribution is 7.16. The van der Waals surface area contributed by atoms with Crippen LogP contribution in [0.2, 0.25) is 0 Å². The molecule has 122 valence electrons. The standard InChI is InChI=1S/C20H15N3OS/c24-19(15-11-21-16-8-4-3-7-14(15)16)23-20-22-18-13-6-2-1-5-12(13)9-10-17(18)25-20/h1-8,11,21H,9-10H2,(H,22,23,24). The number of para-hydroxylation sites is 1. The third kappa shape index (κ3) is 2.36. The Balaban J connectivity index is 1.48. The summed E-state index contributed by atoms with van der Waals surface area (Å²) >= 11 is 1.58. The molecule has 0 bridgehead atoms. The molecule has 5 heteroatoms. The van der Waals surface area contributed by atoms with Gasteiger partial charge in [-0.05, 0) is 24.5 Å². The molecule has 0 spiro atoms. The number of thiazole rings is 1. The summed E-state index contributed by atoms with van der Waals surface area (Å²) in [7, 11) is 0. The molecule has 2 heterocycles. The number of carbonyl (C=O) groups excluding carboxylic acids is 1. The number of amides is 1. The molecule has 2 aromatic carbocycles. The number of H-pyrrole nitrogens is 1. The third-order valence-corrected chi connectivity index (χ3v) is 5.68. The van der Waals surface area contributed by atoms with Crippen molar-refractivity contribution in [2.45, 2.75) is 12.8 Å². The van der Waals surface area contributed by atoms with Crippen molar-refractivity contribution in [3.8, 4) is 11.3 Å². The first-order valence-electron chi connectivity index (χ1n) is 8.25. The summed E-state index contributed by atoms with van der Waals surface area (Å²) in [5.41, 5.74) is 5.13. The Hall–Kier alpha value is -2.92. The predicted octanol–water partition coefficient (Wildman–Crippen LogP) is 4.64. The van der Waals surface area contributed by atoms with Crippen LogP contribution in [0.15, 0.2) is 54.7 Å². The predicted molar refractivity (Wildman–Crippen MR) is 101 cm³/mol. The van der Waals surface area contributed by atoms with Gasteiger partial charge in [0, 0.05) is 27.5 Å². The molecule has 25 heavy (non-hydrogen) atoms. The van der Waals surface area contributed by atoms with E-state index in [0.717, 1.165) is 29.4 Å². The van der Waals surface area contributed by atoms with E-state index in [1.807, 2.05) is 30.3 Å². The minimum absolute atomic E-state index is 0.128. The van der Waals surface area contributed by atoms with Crippen LogP contribution in [-0.4, -0.2) is 15.9 Å². The van der Waals surface area contributed by atoms with Gasteiger partial charge in [-0.1, -0.05) is 42.5 Å². The van der Waals surface area contributed by atoms with Gasteiger partial charge in [-0.15, -0.1) is 11.3 Å². The Bertz CT molecular complexity index is 1110. The third-order valence-electron chi connectivity index (χ3n) is 4.65. The monoisotopic (exact) mass is 345 g/mol. The van der Waals surface area contributed by atoms with Crippen molar-refractivity contribution >= 4 is 33.3 Å². The van der Waals surface area contributed by atoms with E-state index >= 15 is 0 Å². The Kier molecular flexibility index (Phi) is 3.21. The maximum Gasteiger partial charge on any atom is 0.259 e. The van der Waals surface area contributed by atoms with Gasteiger partial charge in [-0.2, -0.15) is 0 Å². The maximum absolute atomic E-state index is 12.7. The fraction of sp³-hybridized carbons (Fsp3) is 0.100. The van der Waals surface area contributed by atoms with Gasteiger partial charge in [0.15, 0.2) is 5.13 Å². The van der Waals surface area contributed by atoms with Crippen molar-refractivity contribution in [1.82, 2.24) is 9.97 Å². The summed E-state index contributed by atoms with van der Waals surface area (Å²) in [6, 6.07) is 16.2. The van der Waals surface area contributed by atoms with Crippen molar-refractivity contribution in [2.75, 3.05) is 5.32 Å². The number of benzene rings is 2. The molecule has 2 aromatic heterocycles. The van der Waals surface area contributed by atoms with E-state index in [4.69, 9.17) is 4.98 Å². The highest BCUT2D eigenvalue weighted by atomic mass is 32.1. The highest BCUT2D eigenvalue weighted by Gasteiger charge is 2.22. The molecule has 1 aliphatic rings. The number of rotatable bonds is 2. The van der Waals surface area contributed by atoms with E-state index in [1.54, 1.807) is 17.5 Å². The average molecular weight is 345 g/mol. The number of hydrogen-bond donors (Lipinski definition) is 2. The Morgan fingerprint density at radius 3 is 2.88 bits per heavy atom. The number of aromatic amines is 1. The van der Waals surface area contributed by atoms with Gasteiger partial charge >= 0.3 is 0 Å². The molecule has 0 atom stereocenters. The van der Waals surface area contributed by atoms with Crippen molar-refractivity contribution in [2.24, 2.45) is 0 Å². The van der Waals surface area contributed by atoms with Crippen LogP contribution in [0.3, 0.4) is 0 Å². The molecular weight excluding hydrogens is 330 g/mol. The normalized spacial score (nSPS) is 12.6. The van der Waals surface area contributed by atoms with Gasteiger partial charge < -0.3 is 4.98 Å². The largest absolute Gasteiger partial charge is 0.360 e. The number of aromatic nitrogens is 2. The number of nitrogens with one attached hydrogen (secondary N) is 2. The molecule has 2 N–H and O–H groups in total. The molecule has 0 saturated heterocycles. The molecule has 1 aliphatic carbocycles. The lowest BCUT2D eigenvalue weighted by Crippen LogP contribution is -2.11. The molecule has 0 saturated carbocycles. The lowest BCUT2D eigenvalue weighted by molar-refractivity contribution is 0.102. The molecule has 1 amide bonds. The number of aryl methyl sites for hydroxylation is 2. The number of nitrogens with zero attached hydrogens (tertiary/aromatic N) is 1. The zero-order valence-electron chi connectivity index (χ0n) is 13.4. The van der Waals surface area contributed by atoms with Gasteiger partial charge in [0.1, 0.15) is 0 Å². The van der Waals surface area contributed by atoms with Crippen molar-refractivity contribution in [3.63, 3.8) is 0 Å². The number of anilines is 1. The molecule has 4 nitrogen and oxygen atoms in total. The van der Waals surface area contributed by atoms with E-state index in [0.29, 0.717) is 10.7 Å². The van der Waals surface area contributed by atoms with E-state index < -0.39 is 0 Å². The first kappa shape index (κ1) is 14.4. The molecular formula is C20H15N3OS. The lowest BCUT2D eigenvalue weighted by Gasteiger charge is -2.13. The second kappa shape index (κ2) is 5.57. The Morgan fingerprint density at radius 1 is 1.08 bits per heavy atom. The van der Waals surface area contributed by atoms with Crippen LogP contribution in [-0.2, 0) is 12.8 Å². The molecule has 5 rings (SSSR count). The molecule has 0 radical (unpaired) electrons. The second-order valence-electron chi connectivity index (χ2n) is 6.15. The molecule has 0 unspecified atom stereocenters. The summed E-state index contributed by atoms with van der Waals surface area (Å²) in [5.74, 6) is -0.128. The molecule has 0 aliphatic heterocycles. The topological polar surface area (TPSA) is 57.8 Å². The SMILES string of the molecule is O=C(Nc1nc2c(s1)CCc1ccccc1-2)c1c[nH]c2ccccc12. The van der Waals surface area contributed by atoms with E-state index in [9.17, 15) is 4.79 Å². The average Bonchev–Trinajstić information content (AvgIpc) is 3.25. The zero-order valence-corrected chi connectivity index (χ0v) is 14.2. The summed E-state index contributed by atoms with van der Waals surface area (Å²) in [6.45, 7) is 0. The van der Waals surface area contributed by atoms with E-state index in [2.05, 4.69) is 28.5 Å².